The monoisotopic (exact) mass is 408 g/mol. The fourth-order valence-electron chi connectivity index (χ4n) is 2.57. The molecule has 0 radical (unpaired) electrons. The molecular weight excluding hydrogens is 386 g/mol. The zero-order valence-electron chi connectivity index (χ0n) is 15.9. The number of nitrogens with zero attached hydrogens (tertiary/aromatic N) is 2. The van der Waals surface area contributed by atoms with Gasteiger partial charge in [-0.15, -0.1) is 0 Å². The lowest BCUT2D eigenvalue weighted by Crippen LogP contribution is -2.39. The Bertz CT molecular complexity index is 821. The Labute approximate surface area is 166 Å². The summed E-state index contributed by atoms with van der Waals surface area (Å²) in [6.07, 6.45) is 3.30. The van der Waals surface area contributed by atoms with Crippen molar-refractivity contribution >= 4 is 5.96 Å². The van der Waals surface area contributed by atoms with Crippen LogP contribution in [0.5, 0.6) is 23.0 Å². The minimum Gasteiger partial charge on any atom is -0.490 e. The number of aromatic nitrogens is 1. The maximum atomic E-state index is 12.7. The molecule has 2 N–H and O–H groups in total. The number of hydrogen-bond donors (Lipinski definition) is 2. The number of halogens is 2. The number of benzene rings is 1. The Hall–Kier alpha value is -3.30. The van der Waals surface area contributed by atoms with Crippen LogP contribution in [0.1, 0.15) is 12.5 Å². The summed E-state index contributed by atoms with van der Waals surface area (Å²) in [7, 11) is 0. The molecule has 0 spiro atoms. The molecule has 156 valence electrons. The SMILES string of the molecule is CCNC(=NCc1cc2c(cc1OC(F)F)OCO2)NCCOc1cccnc1. The van der Waals surface area contributed by atoms with E-state index in [1.54, 1.807) is 24.5 Å². The first kappa shape index (κ1) is 20.4. The Morgan fingerprint density at radius 2 is 2.10 bits per heavy atom. The van der Waals surface area contributed by atoms with Gasteiger partial charge in [0, 0.05) is 24.4 Å². The Morgan fingerprint density at radius 3 is 2.83 bits per heavy atom. The number of pyridine rings is 1. The predicted molar refractivity (Wildman–Crippen MR) is 102 cm³/mol. The van der Waals surface area contributed by atoms with Crippen LogP contribution in [-0.2, 0) is 6.54 Å². The third-order valence-corrected chi connectivity index (χ3v) is 3.82. The highest BCUT2D eigenvalue weighted by Gasteiger charge is 2.20. The van der Waals surface area contributed by atoms with Crippen molar-refractivity contribution in [2.24, 2.45) is 4.99 Å². The molecule has 0 saturated heterocycles. The van der Waals surface area contributed by atoms with E-state index in [9.17, 15) is 8.78 Å². The zero-order chi connectivity index (χ0) is 20.5. The summed E-state index contributed by atoms with van der Waals surface area (Å²) in [5, 5.41) is 6.21. The molecule has 1 aromatic heterocycles. The molecule has 0 bridgehead atoms. The van der Waals surface area contributed by atoms with Crippen LogP contribution < -0.4 is 29.6 Å². The van der Waals surface area contributed by atoms with Crippen molar-refractivity contribution in [1.29, 1.82) is 0 Å². The Morgan fingerprint density at radius 1 is 1.28 bits per heavy atom. The molecule has 0 saturated carbocycles. The van der Waals surface area contributed by atoms with Gasteiger partial charge in [0.2, 0.25) is 6.79 Å². The second kappa shape index (κ2) is 10.3. The van der Waals surface area contributed by atoms with Gasteiger partial charge in [0.1, 0.15) is 18.1 Å². The van der Waals surface area contributed by atoms with Crippen molar-refractivity contribution in [3.8, 4) is 23.0 Å². The van der Waals surface area contributed by atoms with Crippen LogP contribution in [0.25, 0.3) is 0 Å². The van der Waals surface area contributed by atoms with E-state index in [0.717, 1.165) is 0 Å². The van der Waals surface area contributed by atoms with Crippen molar-refractivity contribution < 1.29 is 27.7 Å². The van der Waals surface area contributed by atoms with Crippen LogP contribution in [-0.4, -0.2) is 44.0 Å². The van der Waals surface area contributed by atoms with Gasteiger partial charge in [-0.3, -0.25) is 4.98 Å². The van der Waals surface area contributed by atoms with Crippen LogP contribution in [0.4, 0.5) is 8.78 Å². The number of hydrogen-bond acceptors (Lipinski definition) is 6. The quantitative estimate of drug-likeness (QED) is 0.375. The molecule has 3 rings (SSSR count). The topological polar surface area (TPSA) is 86.2 Å². The molecule has 8 nitrogen and oxygen atoms in total. The molecule has 0 amide bonds. The summed E-state index contributed by atoms with van der Waals surface area (Å²) in [6, 6.07) is 6.59. The van der Waals surface area contributed by atoms with Crippen LogP contribution >= 0.6 is 0 Å². The minimum absolute atomic E-state index is 0.00348. The lowest BCUT2D eigenvalue weighted by atomic mass is 10.1. The lowest BCUT2D eigenvalue weighted by molar-refractivity contribution is -0.0505. The normalized spacial score (nSPS) is 12.8. The van der Waals surface area contributed by atoms with E-state index in [4.69, 9.17) is 14.2 Å². The summed E-state index contributed by atoms with van der Waals surface area (Å²) in [5.41, 5.74) is 0.457. The molecule has 1 aliphatic heterocycles. The van der Waals surface area contributed by atoms with Crippen LogP contribution in [0.3, 0.4) is 0 Å². The molecule has 0 atom stereocenters. The van der Waals surface area contributed by atoms with E-state index in [2.05, 4.69) is 25.3 Å². The van der Waals surface area contributed by atoms with E-state index >= 15 is 0 Å². The van der Waals surface area contributed by atoms with E-state index in [-0.39, 0.29) is 19.1 Å². The van der Waals surface area contributed by atoms with Crippen LogP contribution in [0.15, 0.2) is 41.7 Å². The number of rotatable bonds is 9. The van der Waals surface area contributed by atoms with Crippen LogP contribution in [0.2, 0.25) is 0 Å². The first-order chi connectivity index (χ1) is 14.2. The predicted octanol–water partition coefficient (Wildman–Crippen LogP) is 2.55. The molecule has 0 unspecified atom stereocenters. The fraction of sp³-hybridized carbons (Fsp3) is 0.368. The molecular formula is C19H22F2N4O4. The van der Waals surface area contributed by atoms with E-state index in [0.29, 0.717) is 48.5 Å². The van der Waals surface area contributed by atoms with Gasteiger partial charge < -0.3 is 29.6 Å². The number of fused-ring (bicyclic) bond motifs is 1. The van der Waals surface area contributed by atoms with Gasteiger partial charge in [0.15, 0.2) is 17.5 Å². The maximum Gasteiger partial charge on any atom is 0.387 e. The van der Waals surface area contributed by atoms with Crippen LogP contribution in [0, 0.1) is 0 Å². The number of guanidine groups is 1. The van der Waals surface area contributed by atoms with Gasteiger partial charge in [-0.1, -0.05) is 0 Å². The van der Waals surface area contributed by atoms with Crippen molar-refractivity contribution in [2.45, 2.75) is 20.1 Å². The van der Waals surface area contributed by atoms with Gasteiger partial charge in [-0.2, -0.15) is 8.78 Å². The first-order valence-corrected chi connectivity index (χ1v) is 9.08. The van der Waals surface area contributed by atoms with Gasteiger partial charge in [0.05, 0.1) is 19.3 Å². The van der Waals surface area contributed by atoms with E-state index < -0.39 is 6.61 Å². The second-order valence-electron chi connectivity index (χ2n) is 5.85. The fourth-order valence-corrected chi connectivity index (χ4v) is 2.57. The summed E-state index contributed by atoms with van der Waals surface area (Å²) >= 11 is 0. The Kier molecular flexibility index (Phi) is 7.26. The molecule has 1 aromatic carbocycles. The zero-order valence-corrected chi connectivity index (χ0v) is 15.9. The summed E-state index contributed by atoms with van der Waals surface area (Å²) in [5.74, 6) is 2.03. The molecule has 1 aliphatic rings. The smallest absolute Gasteiger partial charge is 0.387 e. The molecule has 0 aliphatic carbocycles. The number of alkyl halides is 2. The van der Waals surface area contributed by atoms with Gasteiger partial charge in [0.25, 0.3) is 0 Å². The highest BCUT2D eigenvalue weighted by Crippen LogP contribution is 2.39. The van der Waals surface area contributed by atoms with Gasteiger partial charge >= 0.3 is 6.61 Å². The number of ether oxygens (including phenoxy) is 4. The second-order valence-corrected chi connectivity index (χ2v) is 5.85. The summed E-state index contributed by atoms with van der Waals surface area (Å²) < 4.78 is 46.2. The third-order valence-electron chi connectivity index (χ3n) is 3.82. The van der Waals surface area contributed by atoms with Gasteiger partial charge in [-0.05, 0) is 25.1 Å². The average Bonchev–Trinajstić information content (AvgIpc) is 3.16. The van der Waals surface area contributed by atoms with E-state index in [1.165, 1.54) is 6.07 Å². The Balaban J connectivity index is 1.61. The summed E-state index contributed by atoms with van der Waals surface area (Å²) in [4.78, 5) is 8.41. The molecule has 10 heteroatoms. The maximum absolute atomic E-state index is 12.7. The number of aliphatic imine (C=N–C) groups is 1. The summed E-state index contributed by atoms with van der Waals surface area (Å²) in [6.45, 7) is 0.650. The van der Waals surface area contributed by atoms with Crippen molar-refractivity contribution in [1.82, 2.24) is 15.6 Å². The third kappa shape index (κ3) is 6.09. The molecule has 2 heterocycles. The molecule has 2 aromatic rings. The average molecular weight is 408 g/mol. The number of nitrogens with one attached hydrogen (secondary N) is 2. The highest BCUT2D eigenvalue weighted by atomic mass is 19.3. The molecule has 0 fully saturated rings. The minimum atomic E-state index is -2.95. The standard InChI is InChI=1S/C19H22F2N4O4/c1-2-23-19(24-6-7-26-14-4-3-5-22-11-14)25-10-13-8-16-17(28-12-27-16)9-15(13)29-18(20)21/h3-5,8-9,11,18H,2,6-7,10,12H2,1H3,(H2,23,24,25). The first-order valence-electron chi connectivity index (χ1n) is 9.08. The highest BCUT2D eigenvalue weighted by molar-refractivity contribution is 5.79. The lowest BCUT2D eigenvalue weighted by Gasteiger charge is -2.13. The van der Waals surface area contributed by atoms with Crippen molar-refractivity contribution in [3.05, 3.63) is 42.2 Å². The van der Waals surface area contributed by atoms with Crippen molar-refractivity contribution in [2.75, 3.05) is 26.5 Å². The van der Waals surface area contributed by atoms with E-state index in [1.807, 2.05) is 13.0 Å². The van der Waals surface area contributed by atoms with Gasteiger partial charge in [-0.25, -0.2) is 4.99 Å². The molecule has 29 heavy (non-hydrogen) atoms. The largest absolute Gasteiger partial charge is 0.490 e. The van der Waals surface area contributed by atoms with Crippen molar-refractivity contribution in [3.63, 3.8) is 0 Å².